The van der Waals surface area contributed by atoms with E-state index >= 15 is 0 Å². The first kappa shape index (κ1) is 22.3. The number of rotatable bonds is 6. The van der Waals surface area contributed by atoms with E-state index < -0.39 is 0 Å². The van der Waals surface area contributed by atoms with Gasteiger partial charge in [-0.25, -0.2) is 9.31 Å². The zero-order valence-electron chi connectivity index (χ0n) is 19.4. The number of aromatic nitrogens is 2. The number of amides is 3. The van der Waals surface area contributed by atoms with Gasteiger partial charge in [0.05, 0.1) is 17.4 Å². The van der Waals surface area contributed by atoms with E-state index in [0.29, 0.717) is 19.0 Å². The Morgan fingerprint density at radius 1 is 1.18 bits per heavy atom. The third-order valence-corrected chi connectivity index (χ3v) is 7.31. The minimum atomic E-state index is -0.377. The molecule has 0 radical (unpaired) electrons. The minimum Gasteiger partial charge on any atom is -0.381 e. The van der Waals surface area contributed by atoms with Gasteiger partial charge in [0.25, 0.3) is 0 Å². The monoisotopic (exact) mass is 454 g/mol. The normalized spacial score (nSPS) is 23.9. The second-order valence-electron chi connectivity index (χ2n) is 9.50. The van der Waals surface area contributed by atoms with Crippen LogP contribution in [0.2, 0.25) is 0 Å². The Bertz CT molecular complexity index is 1000. The van der Waals surface area contributed by atoms with Crippen LogP contribution >= 0.6 is 0 Å². The summed E-state index contributed by atoms with van der Waals surface area (Å²) in [6.45, 7) is 9.83. The smallest absolute Gasteiger partial charge is 0.328 e. The molecule has 0 aromatic carbocycles. The fourth-order valence-electron chi connectivity index (χ4n) is 5.36. The largest absolute Gasteiger partial charge is 0.381 e. The lowest BCUT2D eigenvalue weighted by Crippen LogP contribution is -2.53. The molecule has 0 aliphatic carbocycles. The molecule has 0 unspecified atom stereocenters. The number of ether oxygens (including phenoxy) is 1. The maximum atomic E-state index is 12.3. The van der Waals surface area contributed by atoms with Crippen LogP contribution in [0.15, 0.2) is 24.5 Å². The SMILES string of the molecule is CC[C@H]1CN(Cc2ccn3ncc(N4CCC(=O)NC4=O)c3c2)CCN1CC1CCOCC1. The number of hydrogen-bond acceptors (Lipinski definition) is 6. The second-order valence-corrected chi connectivity index (χ2v) is 9.50. The summed E-state index contributed by atoms with van der Waals surface area (Å²) in [5, 5.41) is 6.81. The summed E-state index contributed by atoms with van der Waals surface area (Å²) >= 11 is 0. The first-order valence-corrected chi connectivity index (χ1v) is 12.2. The third kappa shape index (κ3) is 4.90. The summed E-state index contributed by atoms with van der Waals surface area (Å²) in [6, 6.07) is 4.45. The van der Waals surface area contributed by atoms with Gasteiger partial charge in [0.15, 0.2) is 0 Å². The molecule has 3 amide bonds. The molecular formula is C24H34N6O3. The molecule has 1 N–H and O–H groups in total. The molecule has 5 heterocycles. The van der Waals surface area contributed by atoms with Crippen molar-refractivity contribution in [1.82, 2.24) is 24.7 Å². The quantitative estimate of drug-likeness (QED) is 0.720. The zero-order chi connectivity index (χ0) is 22.8. The Labute approximate surface area is 194 Å². The number of nitrogens with zero attached hydrogens (tertiary/aromatic N) is 5. The van der Waals surface area contributed by atoms with Gasteiger partial charge in [-0.1, -0.05) is 6.92 Å². The van der Waals surface area contributed by atoms with Gasteiger partial charge in [0, 0.05) is 71.1 Å². The molecule has 9 nitrogen and oxygen atoms in total. The van der Waals surface area contributed by atoms with Gasteiger partial charge in [0.1, 0.15) is 0 Å². The van der Waals surface area contributed by atoms with Crippen LogP contribution < -0.4 is 10.2 Å². The highest BCUT2D eigenvalue weighted by Crippen LogP contribution is 2.26. The maximum absolute atomic E-state index is 12.3. The molecule has 5 rings (SSSR count). The highest BCUT2D eigenvalue weighted by molar-refractivity contribution is 6.07. The van der Waals surface area contributed by atoms with E-state index in [4.69, 9.17) is 4.74 Å². The van der Waals surface area contributed by atoms with E-state index in [0.717, 1.165) is 62.9 Å². The van der Waals surface area contributed by atoms with Crippen molar-refractivity contribution in [2.24, 2.45) is 5.92 Å². The molecule has 3 aliphatic rings. The van der Waals surface area contributed by atoms with Gasteiger partial charge in [0.2, 0.25) is 5.91 Å². The molecule has 33 heavy (non-hydrogen) atoms. The summed E-state index contributed by atoms with van der Waals surface area (Å²) in [5.41, 5.74) is 2.85. The predicted octanol–water partition coefficient (Wildman–Crippen LogP) is 2.10. The van der Waals surface area contributed by atoms with E-state index in [1.54, 1.807) is 15.6 Å². The van der Waals surface area contributed by atoms with Crippen molar-refractivity contribution in [3.63, 3.8) is 0 Å². The average Bonchev–Trinajstić information content (AvgIpc) is 3.24. The van der Waals surface area contributed by atoms with Crippen LogP contribution in [0.4, 0.5) is 10.5 Å². The minimum absolute atomic E-state index is 0.227. The van der Waals surface area contributed by atoms with Gasteiger partial charge >= 0.3 is 6.03 Å². The number of carbonyl (C=O) groups is 2. The van der Waals surface area contributed by atoms with Crippen LogP contribution in [0.5, 0.6) is 0 Å². The molecule has 3 saturated heterocycles. The molecule has 1 atom stereocenters. The number of imide groups is 1. The fraction of sp³-hybridized carbons (Fsp3) is 0.625. The average molecular weight is 455 g/mol. The van der Waals surface area contributed by atoms with Gasteiger partial charge in [-0.2, -0.15) is 5.10 Å². The van der Waals surface area contributed by atoms with Crippen molar-refractivity contribution in [3.05, 3.63) is 30.1 Å². The topological polar surface area (TPSA) is 82.4 Å². The van der Waals surface area contributed by atoms with Crippen LogP contribution in [0.3, 0.4) is 0 Å². The second kappa shape index (κ2) is 9.79. The Kier molecular flexibility index (Phi) is 6.62. The summed E-state index contributed by atoms with van der Waals surface area (Å²) in [7, 11) is 0. The molecule has 2 aromatic rings. The lowest BCUT2D eigenvalue weighted by Gasteiger charge is -2.43. The van der Waals surface area contributed by atoms with Crippen molar-refractivity contribution < 1.29 is 14.3 Å². The van der Waals surface area contributed by atoms with Crippen LogP contribution in [-0.4, -0.2) is 83.3 Å². The van der Waals surface area contributed by atoms with Crippen molar-refractivity contribution in [2.75, 3.05) is 50.8 Å². The highest BCUT2D eigenvalue weighted by Gasteiger charge is 2.29. The summed E-state index contributed by atoms with van der Waals surface area (Å²) in [4.78, 5) is 30.7. The van der Waals surface area contributed by atoms with Crippen molar-refractivity contribution >= 4 is 23.1 Å². The number of piperazine rings is 1. The summed E-state index contributed by atoms with van der Waals surface area (Å²) < 4.78 is 7.33. The number of nitrogens with one attached hydrogen (secondary N) is 1. The Morgan fingerprint density at radius 3 is 2.82 bits per heavy atom. The summed E-state index contributed by atoms with van der Waals surface area (Å²) in [6.07, 6.45) is 7.51. The van der Waals surface area contributed by atoms with E-state index in [2.05, 4.69) is 39.3 Å². The number of anilines is 1. The molecule has 9 heteroatoms. The predicted molar refractivity (Wildman–Crippen MR) is 125 cm³/mol. The fourth-order valence-corrected chi connectivity index (χ4v) is 5.36. The number of pyridine rings is 1. The first-order chi connectivity index (χ1) is 16.1. The van der Waals surface area contributed by atoms with Crippen LogP contribution in [0.25, 0.3) is 5.52 Å². The first-order valence-electron chi connectivity index (χ1n) is 12.2. The highest BCUT2D eigenvalue weighted by atomic mass is 16.5. The molecule has 0 saturated carbocycles. The Balaban J connectivity index is 1.25. The van der Waals surface area contributed by atoms with Crippen molar-refractivity contribution in [3.8, 4) is 0 Å². The molecule has 2 aromatic heterocycles. The molecule has 178 valence electrons. The van der Waals surface area contributed by atoms with Crippen molar-refractivity contribution in [1.29, 1.82) is 0 Å². The molecule has 0 bridgehead atoms. The number of urea groups is 1. The molecule has 3 fully saturated rings. The lowest BCUT2D eigenvalue weighted by molar-refractivity contribution is -0.120. The number of fused-ring (bicyclic) bond motifs is 1. The van der Waals surface area contributed by atoms with Crippen molar-refractivity contribution in [2.45, 2.75) is 45.2 Å². The Morgan fingerprint density at radius 2 is 2.03 bits per heavy atom. The van der Waals surface area contributed by atoms with Crippen LogP contribution in [0, 0.1) is 5.92 Å². The van der Waals surface area contributed by atoms with E-state index in [1.165, 1.54) is 24.9 Å². The van der Waals surface area contributed by atoms with E-state index in [-0.39, 0.29) is 11.9 Å². The molecule has 0 spiro atoms. The number of carbonyl (C=O) groups excluding carboxylic acids is 2. The Hall–Kier alpha value is -2.49. The zero-order valence-corrected chi connectivity index (χ0v) is 19.4. The van der Waals surface area contributed by atoms with Gasteiger partial charge in [-0.05, 0) is 42.9 Å². The molecule has 3 aliphatic heterocycles. The lowest BCUT2D eigenvalue weighted by atomic mass is 9.97. The van der Waals surface area contributed by atoms with Gasteiger partial charge < -0.3 is 4.74 Å². The maximum Gasteiger partial charge on any atom is 0.328 e. The van der Waals surface area contributed by atoms with E-state index in [9.17, 15) is 9.59 Å². The molecular weight excluding hydrogens is 420 g/mol. The van der Waals surface area contributed by atoms with Gasteiger partial charge in [-0.3, -0.25) is 24.8 Å². The van der Waals surface area contributed by atoms with Crippen LogP contribution in [0.1, 0.15) is 38.2 Å². The third-order valence-electron chi connectivity index (χ3n) is 7.31. The number of hydrogen-bond donors (Lipinski definition) is 1. The summed E-state index contributed by atoms with van der Waals surface area (Å²) in [5.74, 6) is 0.541. The standard InChI is InChI=1S/C24H34N6O3/c1-2-20-17-27(9-10-28(20)16-18-5-11-33-12-6-18)15-19-3-8-30-21(13-19)22(14-25-30)29-7-4-23(31)26-24(29)32/h3,8,13-14,18,20H,2,4-7,9-12,15-17H2,1H3,(H,26,31,32)/t20-/m0/s1. The van der Waals surface area contributed by atoms with Crippen LogP contribution in [-0.2, 0) is 16.1 Å². The van der Waals surface area contributed by atoms with Gasteiger partial charge in [-0.15, -0.1) is 0 Å². The van der Waals surface area contributed by atoms with E-state index in [1.807, 2.05) is 6.20 Å².